The van der Waals surface area contributed by atoms with Crippen molar-refractivity contribution in [1.82, 2.24) is 4.90 Å². The van der Waals surface area contributed by atoms with Crippen LogP contribution in [0.25, 0.3) is 11.1 Å². The topological polar surface area (TPSA) is 55.8 Å². The Bertz CT molecular complexity index is 1860. The molecule has 1 fully saturated rings. The van der Waals surface area contributed by atoms with E-state index in [4.69, 9.17) is 21.1 Å². The monoisotopic (exact) mass is 641 g/mol. The van der Waals surface area contributed by atoms with Gasteiger partial charge in [0.1, 0.15) is 6.61 Å². The Balaban J connectivity index is 1.13. The molecule has 1 saturated heterocycles. The SMILES string of the molecule is Cc1ccc(C(OC(=O)C[C@H]2CCCN2C(=O)OCC2c3ccccc3-c3ccccc32)(c2ccccc2)c2ccccc2Cl)cc1. The van der Waals surface area contributed by atoms with E-state index in [-0.39, 0.29) is 25.0 Å². The van der Waals surface area contributed by atoms with Crippen LogP contribution < -0.4 is 0 Å². The van der Waals surface area contributed by atoms with Crippen LogP contribution in [0.4, 0.5) is 4.79 Å². The Morgan fingerprint density at radius 2 is 1.36 bits per heavy atom. The first-order valence-corrected chi connectivity index (χ1v) is 16.5. The summed E-state index contributed by atoms with van der Waals surface area (Å²) in [5.41, 5.74) is 6.72. The summed E-state index contributed by atoms with van der Waals surface area (Å²) in [6.45, 7) is 2.78. The summed E-state index contributed by atoms with van der Waals surface area (Å²) in [5, 5.41) is 0.492. The summed E-state index contributed by atoms with van der Waals surface area (Å²) in [4.78, 5) is 29.4. The lowest BCUT2D eigenvalue weighted by atomic mass is 9.79. The van der Waals surface area contributed by atoms with Gasteiger partial charge in [-0.15, -0.1) is 0 Å². The normalized spacial score (nSPS) is 16.6. The number of rotatable bonds is 8. The molecule has 1 unspecified atom stereocenters. The van der Waals surface area contributed by atoms with Crippen LogP contribution in [-0.4, -0.2) is 36.2 Å². The number of nitrogens with zero attached hydrogens (tertiary/aromatic N) is 1. The van der Waals surface area contributed by atoms with Crippen molar-refractivity contribution >= 4 is 23.7 Å². The lowest BCUT2D eigenvalue weighted by Crippen LogP contribution is -2.40. The highest BCUT2D eigenvalue weighted by molar-refractivity contribution is 6.31. The van der Waals surface area contributed by atoms with E-state index in [2.05, 4.69) is 24.3 Å². The molecule has 5 aromatic carbocycles. The minimum atomic E-state index is -1.29. The van der Waals surface area contributed by atoms with Crippen LogP contribution in [0.1, 0.15) is 58.6 Å². The quantitative estimate of drug-likeness (QED) is 0.125. The zero-order chi connectivity index (χ0) is 32.4. The van der Waals surface area contributed by atoms with Crippen LogP contribution in [0.3, 0.4) is 0 Å². The van der Waals surface area contributed by atoms with E-state index in [1.165, 1.54) is 11.1 Å². The number of amides is 1. The smallest absolute Gasteiger partial charge is 0.410 e. The average molecular weight is 642 g/mol. The Morgan fingerprint density at radius 1 is 0.766 bits per heavy atom. The third-order valence-electron chi connectivity index (χ3n) is 9.51. The van der Waals surface area contributed by atoms with Gasteiger partial charge in [0.05, 0.1) is 6.42 Å². The van der Waals surface area contributed by atoms with E-state index in [1.54, 1.807) is 4.90 Å². The molecule has 6 heteroatoms. The second-order valence-electron chi connectivity index (χ2n) is 12.4. The number of likely N-dealkylation sites (tertiary alicyclic amines) is 1. The highest BCUT2D eigenvalue weighted by atomic mass is 35.5. The maximum absolute atomic E-state index is 14.1. The Labute approximate surface area is 280 Å². The molecular formula is C41H36ClNO4. The molecule has 7 rings (SSSR count). The minimum absolute atomic E-state index is 0.0333. The second-order valence-corrected chi connectivity index (χ2v) is 12.8. The summed E-state index contributed by atoms with van der Waals surface area (Å²) in [7, 11) is 0. The fourth-order valence-corrected chi connectivity index (χ4v) is 7.50. The number of hydrogen-bond donors (Lipinski definition) is 0. The van der Waals surface area contributed by atoms with Gasteiger partial charge in [-0.25, -0.2) is 4.79 Å². The predicted molar refractivity (Wildman–Crippen MR) is 184 cm³/mol. The van der Waals surface area contributed by atoms with E-state index >= 15 is 0 Å². The number of carbonyl (C=O) groups is 2. The van der Waals surface area contributed by atoms with Gasteiger partial charge >= 0.3 is 12.1 Å². The number of benzene rings is 5. The van der Waals surface area contributed by atoms with Crippen molar-refractivity contribution < 1.29 is 19.1 Å². The van der Waals surface area contributed by atoms with Gasteiger partial charge in [0.2, 0.25) is 0 Å². The fourth-order valence-electron chi connectivity index (χ4n) is 7.23. The first-order chi connectivity index (χ1) is 23.0. The number of esters is 1. The van der Waals surface area contributed by atoms with Crippen LogP contribution in [0.15, 0.2) is 127 Å². The Morgan fingerprint density at radius 3 is 2.04 bits per heavy atom. The third-order valence-corrected chi connectivity index (χ3v) is 9.84. The summed E-state index contributed by atoms with van der Waals surface area (Å²) in [6, 6.07) is 41.4. The lowest BCUT2D eigenvalue weighted by molar-refractivity contribution is -0.154. The number of carbonyl (C=O) groups excluding carboxylic acids is 2. The van der Waals surface area contributed by atoms with E-state index in [0.29, 0.717) is 23.6 Å². The van der Waals surface area contributed by atoms with Gasteiger partial charge in [0, 0.05) is 40.2 Å². The molecule has 1 aliphatic heterocycles. The molecule has 0 radical (unpaired) electrons. The molecule has 5 aromatic rings. The first kappa shape index (κ1) is 30.8. The van der Waals surface area contributed by atoms with E-state index in [0.717, 1.165) is 34.2 Å². The van der Waals surface area contributed by atoms with Crippen molar-refractivity contribution in [3.05, 3.63) is 166 Å². The highest BCUT2D eigenvalue weighted by Gasteiger charge is 2.43. The van der Waals surface area contributed by atoms with Crippen molar-refractivity contribution in [2.24, 2.45) is 0 Å². The van der Waals surface area contributed by atoms with E-state index < -0.39 is 17.7 Å². The first-order valence-electron chi connectivity index (χ1n) is 16.2. The van der Waals surface area contributed by atoms with E-state index in [1.807, 2.05) is 110 Å². The van der Waals surface area contributed by atoms with Crippen molar-refractivity contribution in [2.45, 2.75) is 43.7 Å². The van der Waals surface area contributed by atoms with Gasteiger partial charge < -0.3 is 14.4 Å². The molecule has 1 amide bonds. The lowest BCUT2D eigenvalue weighted by Gasteiger charge is -2.36. The molecule has 2 aliphatic rings. The molecule has 1 heterocycles. The largest absolute Gasteiger partial charge is 0.448 e. The third kappa shape index (κ3) is 5.81. The molecule has 0 bridgehead atoms. The molecular weight excluding hydrogens is 606 g/mol. The fraction of sp³-hybridized carbons (Fsp3) is 0.220. The van der Waals surface area contributed by atoms with Crippen molar-refractivity contribution in [1.29, 1.82) is 0 Å². The zero-order valence-electron chi connectivity index (χ0n) is 26.3. The van der Waals surface area contributed by atoms with Crippen LogP contribution in [0.5, 0.6) is 0 Å². The molecule has 236 valence electrons. The maximum atomic E-state index is 14.1. The van der Waals surface area contributed by atoms with Crippen molar-refractivity contribution in [3.8, 4) is 11.1 Å². The summed E-state index contributed by atoms with van der Waals surface area (Å²) in [5.74, 6) is -0.452. The van der Waals surface area contributed by atoms with Crippen LogP contribution in [0.2, 0.25) is 5.02 Å². The zero-order valence-corrected chi connectivity index (χ0v) is 27.0. The molecule has 1 aliphatic carbocycles. The number of halogens is 1. The van der Waals surface area contributed by atoms with Crippen molar-refractivity contribution in [3.63, 3.8) is 0 Å². The van der Waals surface area contributed by atoms with Gasteiger partial charge in [0.25, 0.3) is 0 Å². The summed E-state index contributed by atoms with van der Waals surface area (Å²) < 4.78 is 12.6. The molecule has 0 spiro atoms. The van der Waals surface area contributed by atoms with Gasteiger partial charge in [-0.1, -0.05) is 138 Å². The summed E-state index contributed by atoms with van der Waals surface area (Å²) in [6.07, 6.45) is 1.11. The molecule has 0 N–H and O–H groups in total. The van der Waals surface area contributed by atoms with Gasteiger partial charge in [-0.3, -0.25) is 4.79 Å². The van der Waals surface area contributed by atoms with Gasteiger partial charge in [0.15, 0.2) is 5.60 Å². The number of hydrogen-bond acceptors (Lipinski definition) is 4. The number of aryl methyl sites for hydroxylation is 1. The predicted octanol–water partition coefficient (Wildman–Crippen LogP) is 9.29. The summed E-state index contributed by atoms with van der Waals surface area (Å²) >= 11 is 6.85. The van der Waals surface area contributed by atoms with Crippen LogP contribution in [0, 0.1) is 6.92 Å². The van der Waals surface area contributed by atoms with Crippen molar-refractivity contribution in [2.75, 3.05) is 13.2 Å². The number of ether oxygens (including phenoxy) is 2. The number of fused-ring (bicyclic) bond motifs is 3. The maximum Gasteiger partial charge on any atom is 0.410 e. The Kier molecular flexibility index (Phi) is 8.57. The van der Waals surface area contributed by atoms with Gasteiger partial charge in [-0.2, -0.15) is 0 Å². The molecule has 0 saturated carbocycles. The van der Waals surface area contributed by atoms with Gasteiger partial charge in [-0.05, 0) is 48.1 Å². The molecule has 2 atom stereocenters. The standard InChI is InChI=1S/C41H36ClNO4/c1-28-21-23-30(24-22-28)41(29-12-3-2-4-13-29,37-19-9-10-20-38(37)42)47-39(44)26-31-14-11-25-43(31)40(45)46-27-36-34-17-7-5-15-32(34)33-16-6-8-18-35(33)36/h2-10,12-13,15-24,31,36H,11,14,25-27H2,1H3/t31-,41?/m1/s1. The van der Waals surface area contributed by atoms with Crippen LogP contribution >= 0.6 is 11.6 Å². The van der Waals surface area contributed by atoms with E-state index in [9.17, 15) is 9.59 Å². The molecule has 47 heavy (non-hydrogen) atoms. The second kappa shape index (κ2) is 13.1. The Hall–Kier alpha value is -4.87. The molecule has 0 aromatic heterocycles. The highest BCUT2D eigenvalue weighted by Crippen LogP contribution is 2.46. The minimum Gasteiger partial charge on any atom is -0.448 e. The van der Waals surface area contributed by atoms with Crippen LogP contribution in [-0.2, 0) is 19.9 Å². The molecule has 5 nitrogen and oxygen atoms in total. The average Bonchev–Trinajstić information content (AvgIpc) is 3.69.